The van der Waals surface area contributed by atoms with Crippen molar-refractivity contribution in [3.05, 3.63) is 9.16 Å². The van der Waals surface area contributed by atoms with E-state index in [1.54, 1.807) is 3.59 Å². The molecule has 0 N–H and O–H groups in total. The van der Waals surface area contributed by atoms with Crippen LogP contribution in [0.1, 0.15) is 74.1 Å². The molecule has 26 heavy (non-hydrogen) atoms. The Balaban J connectivity index is 2.32. The Hall–Kier alpha value is -0.521. The zero-order valence-electron chi connectivity index (χ0n) is 17.8. The van der Waals surface area contributed by atoms with Crippen molar-refractivity contribution in [1.82, 2.24) is 4.90 Å². The average molecular weight is 470 g/mol. The summed E-state index contributed by atoms with van der Waals surface area (Å²) < 4.78 is 10.8. The maximum absolute atomic E-state index is 13.2. The van der Waals surface area contributed by atoms with Crippen molar-refractivity contribution in [2.75, 3.05) is 6.54 Å². The molecule has 4 nitrogen and oxygen atoms in total. The van der Waals surface area contributed by atoms with Gasteiger partial charge in [-0.25, -0.2) is 0 Å². The van der Waals surface area contributed by atoms with Gasteiger partial charge in [-0.3, -0.25) is 0 Å². The number of hydrogen-bond donors (Lipinski definition) is 0. The molecular weight excluding hydrogens is 433 g/mol. The zero-order chi connectivity index (χ0) is 19.8. The van der Waals surface area contributed by atoms with Gasteiger partial charge in [0.1, 0.15) is 0 Å². The van der Waals surface area contributed by atoms with Crippen LogP contribution in [-0.2, 0) is 9.53 Å². The molecule has 0 aliphatic carbocycles. The summed E-state index contributed by atoms with van der Waals surface area (Å²) in [4.78, 5) is 27.1. The van der Waals surface area contributed by atoms with Gasteiger partial charge < -0.3 is 0 Å². The third kappa shape index (κ3) is 4.00. The van der Waals surface area contributed by atoms with Crippen LogP contribution in [0.4, 0.5) is 4.79 Å². The molecule has 0 aromatic rings. The van der Waals surface area contributed by atoms with Crippen LogP contribution >= 0.6 is 0 Å². The van der Waals surface area contributed by atoms with E-state index >= 15 is 0 Å². The first-order valence-electron chi connectivity index (χ1n) is 10.3. The molecule has 0 radical (unpaired) electrons. The molecule has 2 rings (SSSR count). The minimum absolute atomic E-state index is 0.0207. The second kappa shape index (κ2) is 7.84. The van der Waals surface area contributed by atoms with Gasteiger partial charge in [-0.05, 0) is 0 Å². The van der Waals surface area contributed by atoms with Crippen molar-refractivity contribution in [3.8, 4) is 0 Å². The maximum atomic E-state index is 13.2. The summed E-state index contributed by atoms with van der Waals surface area (Å²) in [5.74, 6) is -0.0207. The first kappa shape index (κ1) is 21.8. The number of allylic oxidation sites excluding steroid dienone is 1. The molecule has 1 saturated heterocycles. The van der Waals surface area contributed by atoms with E-state index in [4.69, 9.17) is 4.74 Å². The third-order valence-electron chi connectivity index (χ3n) is 6.27. The molecule has 0 bridgehead atoms. The fourth-order valence-electron chi connectivity index (χ4n) is 4.85. The van der Waals surface area contributed by atoms with Crippen LogP contribution in [0.5, 0.6) is 0 Å². The van der Waals surface area contributed by atoms with Gasteiger partial charge in [0.2, 0.25) is 0 Å². The van der Waals surface area contributed by atoms with Crippen LogP contribution in [0, 0.1) is 5.41 Å². The molecule has 2 aliphatic heterocycles. The Labute approximate surface area is 163 Å². The van der Waals surface area contributed by atoms with Crippen molar-refractivity contribution < 1.29 is 14.3 Å². The number of imide groups is 1. The van der Waals surface area contributed by atoms with Gasteiger partial charge in [0.15, 0.2) is 0 Å². The van der Waals surface area contributed by atoms with E-state index in [0.717, 1.165) is 4.44 Å². The van der Waals surface area contributed by atoms with Gasteiger partial charge in [0.05, 0.1) is 0 Å². The van der Waals surface area contributed by atoms with Gasteiger partial charge in [-0.2, -0.15) is 0 Å². The van der Waals surface area contributed by atoms with Gasteiger partial charge in [0, 0.05) is 0 Å². The van der Waals surface area contributed by atoms with Crippen LogP contribution in [-0.4, -0.2) is 47.4 Å². The number of carbonyl (C=O) groups excluding carboxylic acids is 2. The molecule has 1 atom stereocenters. The molecule has 0 aromatic heterocycles. The Kier molecular flexibility index (Phi) is 6.57. The first-order valence-corrected chi connectivity index (χ1v) is 17.7. The van der Waals surface area contributed by atoms with Gasteiger partial charge in [-0.1, -0.05) is 0 Å². The van der Waals surface area contributed by atoms with Crippen molar-refractivity contribution in [1.29, 1.82) is 0 Å². The Morgan fingerprint density at radius 1 is 1.19 bits per heavy atom. The second-order valence-corrected chi connectivity index (χ2v) is 22.8. The zero-order valence-corrected chi connectivity index (χ0v) is 20.7. The first-order chi connectivity index (χ1) is 12.0. The number of carbonyl (C=O) groups is 2. The minimum atomic E-state index is -2.51. The van der Waals surface area contributed by atoms with Crippen molar-refractivity contribution in [2.24, 2.45) is 5.41 Å². The summed E-state index contributed by atoms with van der Waals surface area (Å²) in [6, 6.07) is 0. The third-order valence-corrected chi connectivity index (χ3v) is 23.1. The molecule has 2 heterocycles. The summed E-state index contributed by atoms with van der Waals surface area (Å²) in [5, 5.41) is 0. The topological polar surface area (TPSA) is 46.6 Å². The molecular formula is C21H37NO3Sn. The Morgan fingerprint density at radius 3 is 2.15 bits per heavy atom. The molecule has 0 spiro atoms. The molecule has 2 aliphatic rings. The van der Waals surface area contributed by atoms with Gasteiger partial charge >= 0.3 is 164 Å². The van der Waals surface area contributed by atoms with E-state index in [-0.39, 0.29) is 5.91 Å². The number of fused-ring (bicyclic) bond motifs is 1. The average Bonchev–Trinajstić information content (AvgIpc) is 2.91. The van der Waals surface area contributed by atoms with E-state index in [1.807, 2.05) is 20.8 Å². The number of ether oxygens (including phenoxy) is 1. The van der Waals surface area contributed by atoms with Crippen LogP contribution in [0.2, 0.25) is 13.3 Å². The summed E-state index contributed by atoms with van der Waals surface area (Å²) in [6.45, 7) is 14.9. The molecule has 2 amide bonds. The summed E-state index contributed by atoms with van der Waals surface area (Å²) in [6.07, 6.45) is 4.53. The number of nitrogens with zero attached hydrogens (tertiary/aromatic N) is 1. The van der Waals surface area contributed by atoms with Crippen LogP contribution in [0.15, 0.2) is 9.16 Å². The van der Waals surface area contributed by atoms with Gasteiger partial charge in [-0.15, -0.1) is 0 Å². The number of rotatable bonds is 6. The van der Waals surface area contributed by atoms with E-state index in [0.29, 0.717) is 6.54 Å². The SMILES string of the molecule is CCC[CH2][Sn]1([CH2]CCC)[CH2]C2(C)C(=O)N(C(=O)OC(C)(C)C)CC2=[C]1C. The molecule has 5 heteroatoms. The molecule has 0 saturated carbocycles. The molecule has 148 valence electrons. The molecule has 0 aromatic carbocycles. The summed E-state index contributed by atoms with van der Waals surface area (Å²) in [5.41, 5.74) is 0.236. The number of likely N-dealkylation sites (tertiary alicyclic amines) is 1. The standard InChI is InChI=1S/C13H19NO3.2C4H9.Sn/c1-7-9-8-14(10(15)13(9,5)6)11(16)17-12(2,3)4;2*1-3-4-2;/h5,8H2,1-4,6H3;2*1,3-4H2,2H3;. The predicted octanol–water partition coefficient (Wildman–Crippen LogP) is 5.69. The van der Waals surface area contributed by atoms with Crippen molar-refractivity contribution >= 4 is 30.4 Å². The Morgan fingerprint density at radius 2 is 1.73 bits per heavy atom. The quantitative estimate of drug-likeness (QED) is 0.469. The van der Waals surface area contributed by atoms with Crippen LogP contribution < -0.4 is 0 Å². The fourth-order valence-corrected chi connectivity index (χ4v) is 23.1. The summed E-state index contributed by atoms with van der Waals surface area (Å²) >= 11 is -2.51. The number of hydrogen-bond acceptors (Lipinski definition) is 3. The van der Waals surface area contributed by atoms with Crippen LogP contribution in [0.3, 0.4) is 0 Å². The number of unbranched alkanes of at least 4 members (excludes halogenated alkanes) is 2. The number of amides is 2. The predicted molar refractivity (Wildman–Crippen MR) is 109 cm³/mol. The van der Waals surface area contributed by atoms with E-state index in [9.17, 15) is 9.59 Å². The van der Waals surface area contributed by atoms with E-state index in [1.165, 1.54) is 45.0 Å². The monoisotopic (exact) mass is 471 g/mol. The van der Waals surface area contributed by atoms with Crippen molar-refractivity contribution in [3.63, 3.8) is 0 Å². The fraction of sp³-hybridized carbons (Fsp3) is 0.810. The Bertz CT molecular complexity index is 597. The van der Waals surface area contributed by atoms with E-state index in [2.05, 4.69) is 27.7 Å². The molecule has 1 fully saturated rings. The second-order valence-electron chi connectivity index (χ2n) is 9.47. The van der Waals surface area contributed by atoms with Gasteiger partial charge in [0.25, 0.3) is 0 Å². The van der Waals surface area contributed by atoms with Crippen molar-refractivity contribution in [2.45, 2.75) is 93.1 Å². The normalized spacial score (nSPS) is 25.0. The van der Waals surface area contributed by atoms with Crippen LogP contribution in [0.25, 0.3) is 0 Å². The van der Waals surface area contributed by atoms with E-state index < -0.39 is 35.5 Å². The summed E-state index contributed by atoms with van der Waals surface area (Å²) in [7, 11) is 0. The molecule has 1 unspecified atom stereocenters.